The van der Waals surface area contributed by atoms with E-state index in [0.29, 0.717) is 25.6 Å². The summed E-state index contributed by atoms with van der Waals surface area (Å²) in [6, 6.07) is 10.3. The highest BCUT2D eigenvalue weighted by atomic mass is 16.5. The van der Waals surface area contributed by atoms with Crippen molar-refractivity contribution in [1.29, 1.82) is 0 Å². The molecule has 1 atom stereocenters. The van der Waals surface area contributed by atoms with Crippen LogP contribution < -0.4 is 0 Å². The molecule has 2 aliphatic rings. The van der Waals surface area contributed by atoms with Gasteiger partial charge in [-0.15, -0.1) is 0 Å². The molecule has 1 saturated carbocycles. The van der Waals surface area contributed by atoms with Crippen molar-refractivity contribution in [3.63, 3.8) is 0 Å². The third-order valence-electron chi connectivity index (χ3n) is 4.78. The Kier molecular flexibility index (Phi) is 4.10. The molecule has 4 rings (SSSR count). The molecule has 1 saturated heterocycles. The number of ether oxygens (including phenoxy) is 1. The SMILES string of the molecule is C[C@@H]1CN(C(=O)c2cnn(Cc3ccccc3)c2C2CC2)CCO1. The number of aromatic nitrogens is 2. The average molecular weight is 325 g/mol. The molecule has 0 N–H and O–H groups in total. The molecule has 0 bridgehead atoms. The van der Waals surface area contributed by atoms with Gasteiger partial charge in [-0.3, -0.25) is 9.48 Å². The topological polar surface area (TPSA) is 47.4 Å². The number of carbonyl (C=O) groups is 1. The van der Waals surface area contributed by atoms with Crippen LogP contribution in [0.4, 0.5) is 0 Å². The molecule has 0 unspecified atom stereocenters. The summed E-state index contributed by atoms with van der Waals surface area (Å²) in [5.74, 6) is 0.583. The summed E-state index contributed by atoms with van der Waals surface area (Å²) in [6.07, 6.45) is 4.17. The van der Waals surface area contributed by atoms with Gasteiger partial charge in [-0.05, 0) is 25.3 Å². The first-order chi connectivity index (χ1) is 11.7. The van der Waals surface area contributed by atoms with Crippen molar-refractivity contribution in [2.75, 3.05) is 19.7 Å². The molecule has 1 aliphatic carbocycles. The van der Waals surface area contributed by atoms with Gasteiger partial charge in [0.25, 0.3) is 5.91 Å². The van der Waals surface area contributed by atoms with Crippen LogP contribution in [-0.4, -0.2) is 46.4 Å². The van der Waals surface area contributed by atoms with E-state index in [9.17, 15) is 4.79 Å². The van der Waals surface area contributed by atoms with Gasteiger partial charge in [-0.25, -0.2) is 0 Å². The highest BCUT2D eigenvalue weighted by Gasteiger charge is 2.34. The minimum Gasteiger partial charge on any atom is -0.375 e. The van der Waals surface area contributed by atoms with Crippen LogP contribution in [0, 0.1) is 0 Å². The monoisotopic (exact) mass is 325 g/mol. The van der Waals surface area contributed by atoms with Gasteiger partial charge in [0.05, 0.1) is 36.7 Å². The van der Waals surface area contributed by atoms with Crippen LogP contribution in [-0.2, 0) is 11.3 Å². The molecule has 0 spiro atoms. The number of hydrogen-bond donors (Lipinski definition) is 0. The minimum absolute atomic E-state index is 0.103. The van der Waals surface area contributed by atoms with Gasteiger partial charge in [-0.1, -0.05) is 30.3 Å². The van der Waals surface area contributed by atoms with Crippen molar-refractivity contribution in [2.45, 2.75) is 38.3 Å². The third kappa shape index (κ3) is 3.08. The molecule has 1 aliphatic heterocycles. The summed E-state index contributed by atoms with van der Waals surface area (Å²) in [6.45, 7) is 4.67. The van der Waals surface area contributed by atoms with E-state index in [2.05, 4.69) is 17.2 Å². The zero-order valence-electron chi connectivity index (χ0n) is 14.0. The summed E-state index contributed by atoms with van der Waals surface area (Å²) in [7, 11) is 0. The largest absolute Gasteiger partial charge is 0.375 e. The zero-order valence-corrected chi connectivity index (χ0v) is 14.0. The molecule has 0 radical (unpaired) electrons. The van der Waals surface area contributed by atoms with Crippen molar-refractivity contribution < 1.29 is 9.53 Å². The lowest BCUT2D eigenvalue weighted by atomic mass is 10.1. The Hall–Kier alpha value is -2.14. The maximum absolute atomic E-state index is 13.0. The van der Waals surface area contributed by atoms with E-state index in [1.54, 1.807) is 6.20 Å². The first-order valence-electron chi connectivity index (χ1n) is 8.73. The van der Waals surface area contributed by atoms with Crippen LogP contribution in [0.3, 0.4) is 0 Å². The van der Waals surface area contributed by atoms with Crippen molar-refractivity contribution in [3.8, 4) is 0 Å². The highest BCUT2D eigenvalue weighted by molar-refractivity contribution is 5.95. The fourth-order valence-corrected chi connectivity index (χ4v) is 3.40. The van der Waals surface area contributed by atoms with Crippen molar-refractivity contribution in [3.05, 3.63) is 53.3 Å². The maximum atomic E-state index is 13.0. The molecule has 2 fully saturated rings. The quantitative estimate of drug-likeness (QED) is 0.868. The number of rotatable bonds is 4. The molecule has 126 valence electrons. The van der Waals surface area contributed by atoms with Crippen molar-refractivity contribution >= 4 is 5.91 Å². The second-order valence-corrected chi connectivity index (χ2v) is 6.79. The van der Waals surface area contributed by atoms with E-state index in [0.717, 1.165) is 30.6 Å². The summed E-state index contributed by atoms with van der Waals surface area (Å²) in [4.78, 5) is 14.9. The molecule has 5 heteroatoms. The lowest BCUT2D eigenvalue weighted by molar-refractivity contribution is -0.0124. The van der Waals surface area contributed by atoms with Crippen LogP contribution in [0.1, 0.15) is 47.3 Å². The number of hydrogen-bond acceptors (Lipinski definition) is 3. The summed E-state index contributed by atoms with van der Waals surface area (Å²) in [5.41, 5.74) is 3.10. The minimum atomic E-state index is 0.103. The molecule has 1 amide bonds. The second kappa shape index (κ2) is 6.40. The summed E-state index contributed by atoms with van der Waals surface area (Å²) >= 11 is 0. The lowest BCUT2D eigenvalue weighted by Gasteiger charge is -2.31. The second-order valence-electron chi connectivity index (χ2n) is 6.79. The molecular formula is C19H23N3O2. The average Bonchev–Trinajstić information content (AvgIpc) is 3.36. The molecule has 24 heavy (non-hydrogen) atoms. The van der Waals surface area contributed by atoms with Gasteiger partial charge >= 0.3 is 0 Å². The number of carbonyl (C=O) groups excluding carboxylic acids is 1. The van der Waals surface area contributed by atoms with Gasteiger partial charge in [0.1, 0.15) is 0 Å². The van der Waals surface area contributed by atoms with Crippen LogP contribution >= 0.6 is 0 Å². The fourth-order valence-electron chi connectivity index (χ4n) is 3.40. The zero-order chi connectivity index (χ0) is 16.5. The Morgan fingerprint density at radius 3 is 2.79 bits per heavy atom. The fraction of sp³-hybridized carbons (Fsp3) is 0.474. The van der Waals surface area contributed by atoms with E-state index < -0.39 is 0 Å². The van der Waals surface area contributed by atoms with Crippen molar-refractivity contribution in [2.24, 2.45) is 0 Å². The van der Waals surface area contributed by atoms with Gasteiger partial charge in [0, 0.05) is 19.0 Å². The maximum Gasteiger partial charge on any atom is 0.257 e. The third-order valence-corrected chi connectivity index (χ3v) is 4.78. The van der Waals surface area contributed by atoms with Gasteiger partial charge in [0.15, 0.2) is 0 Å². The molecule has 2 heterocycles. The van der Waals surface area contributed by atoms with Crippen LogP contribution in [0.25, 0.3) is 0 Å². The first kappa shape index (κ1) is 15.4. The number of nitrogens with zero attached hydrogens (tertiary/aromatic N) is 3. The van der Waals surface area contributed by atoms with E-state index in [-0.39, 0.29) is 12.0 Å². The normalized spacial score (nSPS) is 21.0. The molecule has 1 aromatic heterocycles. The van der Waals surface area contributed by atoms with E-state index in [1.807, 2.05) is 34.7 Å². The van der Waals surface area contributed by atoms with Gasteiger partial charge in [0.2, 0.25) is 0 Å². The smallest absolute Gasteiger partial charge is 0.257 e. The van der Waals surface area contributed by atoms with Gasteiger partial charge < -0.3 is 9.64 Å². The Morgan fingerprint density at radius 1 is 1.29 bits per heavy atom. The predicted molar refractivity (Wildman–Crippen MR) is 91.1 cm³/mol. The predicted octanol–water partition coefficient (Wildman–Crippen LogP) is 2.67. The molecular weight excluding hydrogens is 302 g/mol. The summed E-state index contributed by atoms with van der Waals surface area (Å²) < 4.78 is 7.57. The van der Waals surface area contributed by atoms with Crippen molar-refractivity contribution in [1.82, 2.24) is 14.7 Å². The number of amides is 1. The molecule has 2 aromatic rings. The highest BCUT2D eigenvalue weighted by Crippen LogP contribution is 2.42. The van der Waals surface area contributed by atoms with E-state index in [1.165, 1.54) is 5.56 Å². The van der Waals surface area contributed by atoms with E-state index in [4.69, 9.17) is 4.74 Å². The summed E-state index contributed by atoms with van der Waals surface area (Å²) in [5, 5.41) is 4.55. The van der Waals surface area contributed by atoms with Gasteiger partial charge in [-0.2, -0.15) is 5.10 Å². The first-order valence-corrected chi connectivity index (χ1v) is 8.73. The molecule has 5 nitrogen and oxygen atoms in total. The standard InChI is InChI=1S/C19H23N3O2/c1-14-12-21(9-10-24-14)19(23)17-11-20-22(18(17)16-7-8-16)13-15-5-3-2-4-6-15/h2-6,11,14,16H,7-10,12-13H2,1H3/t14-/m1/s1. The number of morpholine rings is 1. The van der Waals surface area contributed by atoms with Crippen LogP contribution in [0.2, 0.25) is 0 Å². The Bertz CT molecular complexity index is 721. The number of benzene rings is 1. The van der Waals surface area contributed by atoms with Crippen LogP contribution in [0.5, 0.6) is 0 Å². The Morgan fingerprint density at radius 2 is 2.08 bits per heavy atom. The Balaban J connectivity index is 1.60. The molecule has 1 aromatic carbocycles. The Labute approximate surface area is 142 Å². The lowest BCUT2D eigenvalue weighted by Crippen LogP contribution is -2.44. The van der Waals surface area contributed by atoms with Crippen LogP contribution in [0.15, 0.2) is 36.5 Å². The van der Waals surface area contributed by atoms with E-state index >= 15 is 0 Å².